The molecule has 27 heavy (non-hydrogen) atoms. The molecule has 0 radical (unpaired) electrons. The number of amides is 1. The van der Waals surface area contributed by atoms with Crippen LogP contribution in [0.25, 0.3) is 21.8 Å². The van der Waals surface area contributed by atoms with Gasteiger partial charge in [0.05, 0.1) is 25.5 Å². The third-order valence-corrected chi connectivity index (χ3v) is 4.95. The number of rotatable bonds is 7. The molecule has 0 atom stereocenters. The Morgan fingerprint density at radius 2 is 1.89 bits per heavy atom. The highest BCUT2D eigenvalue weighted by atomic mass is 32.1. The summed E-state index contributed by atoms with van der Waals surface area (Å²) >= 11 is 1.55. The van der Waals surface area contributed by atoms with Crippen molar-refractivity contribution in [2.75, 3.05) is 19.5 Å². The number of carbonyl (C=O) groups is 1. The second-order valence-electron chi connectivity index (χ2n) is 5.95. The molecule has 2 aromatic carbocycles. The Labute approximate surface area is 163 Å². The fourth-order valence-electron chi connectivity index (χ4n) is 2.76. The molecular weight excluding hydrogens is 360 g/mol. The Morgan fingerprint density at radius 1 is 1.11 bits per heavy atom. The largest absolute Gasteiger partial charge is 0.493 e. The minimum Gasteiger partial charge on any atom is -0.493 e. The molecule has 0 aliphatic heterocycles. The van der Waals surface area contributed by atoms with Gasteiger partial charge in [-0.05, 0) is 30.7 Å². The Hall–Kier alpha value is -2.86. The summed E-state index contributed by atoms with van der Waals surface area (Å²) in [4.78, 5) is 16.4. The number of methoxy groups -OCH3 is 2. The van der Waals surface area contributed by atoms with E-state index in [0.29, 0.717) is 17.9 Å². The van der Waals surface area contributed by atoms with Crippen LogP contribution in [0.3, 0.4) is 0 Å². The monoisotopic (exact) mass is 382 g/mol. The van der Waals surface area contributed by atoms with Gasteiger partial charge < -0.3 is 14.8 Å². The van der Waals surface area contributed by atoms with Crippen LogP contribution in [0, 0.1) is 0 Å². The topological polar surface area (TPSA) is 60.5 Å². The van der Waals surface area contributed by atoms with Crippen molar-refractivity contribution in [2.24, 2.45) is 0 Å². The quantitative estimate of drug-likeness (QED) is 0.608. The number of anilines is 1. The van der Waals surface area contributed by atoms with E-state index in [1.54, 1.807) is 25.6 Å². The van der Waals surface area contributed by atoms with Crippen molar-refractivity contribution in [1.82, 2.24) is 4.98 Å². The molecule has 0 spiro atoms. The minimum absolute atomic E-state index is 0.0336. The van der Waals surface area contributed by atoms with Crippen LogP contribution in [0.1, 0.15) is 19.8 Å². The molecule has 1 aromatic heterocycles. The maximum atomic E-state index is 11.7. The zero-order valence-corrected chi connectivity index (χ0v) is 16.4. The van der Waals surface area contributed by atoms with Crippen molar-refractivity contribution < 1.29 is 14.3 Å². The van der Waals surface area contributed by atoms with Crippen molar-refractivity contribution in [1.29, 1.82) is 0 Å². The van der Waals surface area contributed by atoms with E-state index in [9.17, 15) is 4.79 Å². The number of thiazole rings is 1. The van der Waals surface area contributed by atoms with E-state index < -0.39 is 0 Å². The van der Waals surface area contributed by atoms with Crippen LogP contribution >= 0.6 is 11.3 Å². The van der Waals surface area contributed by atoms with Gasteiger partial charge in [-0.2, -0.15) is 0 Å². The van der Waals surface area contributed by atoms with Crippen molar-refractivity contribution in [3.63, 3.8) is 0 Å². The average molecular weight is 382 g/mol. The van der Waals surface area contributed by atoms with Crippen LogP contribution in [0.4, 0.5) is 5.69 Å². The first kappa shape index (κ1) is 18.9. The van der Waals surface area contributed by atoms with Crippen LogP contribution in [0.15, 0.2) is 47.8 Å². The molecule has 0 unspecified atom stereocenters. The lowest BCUT2D eigenvalue weighted by Gasteiger charge is -2.10. The summed E-state index contributed by atoms with van der Waals surface area (Å²) in [6.07, 6.45) is 1.36. The van der Waals surface area contributed by atoms with Gasteiger partial charge in [-0.1, -0.05) is 25.1 Å². The van der Waals surface area contributed by atoms with Crippen LogP contribution in [0.5, 0.6) is 11.5 Å². The van der Waals surface area contributed by atoms with Gasteiger partial charge in [-0.25, -0.2) is 4.98 Å². The predicted octanol–water partition coefficient (Wildman–Crippen LogP) is 5.23. The molecule has 3 rings (SSSR count). The van der Waals surface area contributed by atoms with E-state index in [1.165, 1.54) is 0 Å². The SMILES string of the molecule is CCCC(=O)Nc1ccc(-c2csc(-c3cccc(OC)c3OC)n2)cc1. The summed E-state index contributed by atoms with van der Waals surface area (Å²) in [5, 5.41) is 5.77. The molecule has 1 amide bonds. The molecule has 140 valence electrons. The fourth-order valence-corrected chi connectivity index (χ4v) is 3.61. The Kier molecular flexibility index (Phi) is 6.08. The van der Waals surface area contributed by atoms with Gasteiger partial charge in [0.25, 0.3) is 0 Å². The van der Waals surface area contributed by atoms with Gasteiger partial charge in [0, 0.05) is 23.1 Å². The maximum absolute atomic E-state index is 11.7. The average Bonchev–Trinajstić information content (AvgIpc) is 3.18. The van der Waals surface area contributed by atoms with Gasteiger partial charge in [-0.15, -0.1) is 11.3 Å². The number of nitrogens with one attached hydrogen (secondary N) is 1. The van der Waals surface area contributed by atoms with Gasteiger partial charge in [-0.3, -0.25) is 4.79 Å². The van der Waals surface area contributed by atoms with Crippen LogP contribution in [0.2, 0.25) is 0 Å². The zero-order valence-electron chi connectivity index (χ0n) is 15.6. The summed E-state index contributed by atoms with van der Waals surface area (Å²) < 4.78 is 10.9. The third kappa shape index (κ3) is 4.28. The number of aromatic nitrogens is 1. The summed E-state index contributed by atoms with van der Waals surface area (Å²) in [6.45, 7) is 1.99. The normalized spacial score (nSPS) is 10.5. The second kappa shape index (κ2) is 8.68. The molecule has 1 N–H and O–H groups in total. The number of ether oxygens (including phenoxy) is 2. The first-order chi connectivity index (χ1) is 13.2. The molecule has 0 fully saturated rings. The van der Waals surface area contributed by atoms with E-state index in [-0.39, 0.29) is 5.91 Å². The third-order valence-electron chi connectivity index (χ3n) is 4.08. The molecule has 6 heteroatoms. The first-order valence-electron chi connectivity index (χ1n) is 8.73. The predicted molar refractivity (Wildman–Crippen MR) is 110 cm³/mol. The molecule has 0 aliphatic rings. The molecule has 1 heterocycles. The Morgan fingerprint density at radius 3 is 2.56 bits per heavy atom. The summed E-state index contributed by atoms with van der Waals surface area (Å²) in [7, 11) is 3.25. The lowest BCUT2D eigenvalue weighted by Crippen LogP contribution is -2.10. The number of nitrogens with zero attached hydrogens (tertiary/aromatic N) is 1. The van der Waals surface area contributed by atoms with Gasteiger partial charge in [0.15, 0.2) is 11.5 Å². The standard InChI is InChI=1S/C21H22N2O3S/c1-4-6-19(24)22-15-11-9-14(10-12-15)17-13-27-21(23-17)16-7-5-8-18(25-2)20(16)26-3/h5,7-13H,4,6H2,1-3H3,(H,22,24). The van der Waals surface area contributed by atoms with Gasteiger partial charge in [0.2, 0.25) is 5.91 Å². The van der Waals surface area contributed by atoms with Crippen LogP contribution < -0.4 is 14.8 Å². The molecule has 0 bridgehead atoms. The highest BCUT2D eigenvalue weighted by Gasteiger charge is 2.15. The molecule has 3 aromatic rings. The highest BCUT2D eigenvalue weighted by Crippen LogP contribution is 2.40. The molecule has 0 saturated heterocycles. The Balaban J connectivity index is 1.83. The lowest BCUT2D eigenvalue weighted by atomic mass is 10.1. The van der Waals surface area contributed by atoms with Crippen LogP contribution in [-0.4, -0.2) is 25.1 Å². The molecular formula is C21H22N2O3S. The second-order valence-corrected chi connectivity index (χ2v) is 6.81. The van der Waals surface area contributed by atoms with E-state index in [1.807, 2.05) is 54.8 Å². The molecule has 0 aliphatic carbocycles. The number of benzene rings is 2. The number of carbonyl (C=O) groups excluding carboxylic acids is 1. The number of hydrogen-bond acceptors (Lipinski definition) is 5. The number of para-hydroxylation sites is 1. The maximum Gasteiger partial charge on any atom is 0.224 e. The Bertz CT molecular complexity index is 919. The van der Waals surface area contributed by atoms with Crippen LogP contribution in [-0.2, 0) is 4.79 Å². The fraction of sp³-hybridized carbons (Fsp3) is 0.238. The van der Waals surface area contributed by atoms with E-state index in [4.69, 9.17) is 14.5 Å². The lowest BCUT2D eigenvalue weighted by molar-refractivity contribution is -0.116. The van der Waals surface area contributed by atoms with Gasteiger partial charge >= 0.3 is 0 Å². The van der Waals surface area contributed by atoms with E-state index in [2.05, 4.69) is 5.32 Å². The minimum atomic E-state index is 0.0336. The zero-order chi connectivity index (χ0) is 19.2. The summed E-state index contributed by atoms with van der Waals surface area (Å²) in [5.74, 6) is 1.39. The first-order valence-corrected chi connectivity index (χ1v) is 9.61. The van der Waals surface area contributed by atoms with E-state index >= 15 is 0 Å². The van der Waals surface area contributed by atoms with Gasteiger partial charge in [0.1, 0.15) is 5.01 Å². The number of hydrogen-bond donors (Lipinski definition) is 1. The molecule has 0 saturated carbocycles. The van der Waals surface area contributed by atoms with Crippen molar-refractivity contribution in [3.05, 3.63) is 47.8 Å². The molecule has 5 nitrogen and oxygen atoms in total. The summed E-state index contributed by atoms with van der Waals surface area (Å²) in [6, 6.07) is 13.5. The summed E-state index contributed by atoms with van der Waals surface area (Å²) in [5.41, 5.74) is 3.57. The van der Waals surface area contributed by atoms with E-state index in [0.717, 1.165) is 33.9 Å². The van der Waals surface area contributed by atoms with Crippen molar-refractivity contribution in [2.45, 2.75) is 19.8 Å². The smallest absolute Gasteiger partial charge is 0.224 e. The van der Waals surface area contributed by atoms with Crippen molar-refractivity contribution >= 4 is 22.9 Å². The highest BCUT2D eigenvalue weighted by molar-refractivity contribution is 7.13. The van der Waals surface area contributed by atoms with Crippen molar-refractivity contribution in [3.8, 4) is 33.3 Å².